The van der Waals surface area contributed by atoms with Crippen molar-refractivity contribution < 1.29 is 4.39 Å². The summed E-state index contributed by atoms with van der Waals surface area (Å²) in [6.07, 6.45) is 1.08. The molecule has 0 amide bonds. The number of nitrogens with two attached hydrogens (primary N) is 1. The monoisotopic (exact) mass is 270 g/mol. The lowest BCUT2D eigenvalue weighted by molar-refractivity contribution is 0.239. The topological polar surface area (TPSA) is 29.3 Å². The summed E-state index contributed by atoms with van der Waals surface area (Å²) < 4.78 is 12.9. The van der Waals surface area contributed by atoms with Gasteiger partial charge in [-0.3, -0.25) is 4.90 Å². The molecule has 0 radical (unpaired) electrons. The molecule has 1 heterocycles. The predicted molar refractivity (Wildman–Crippen MR) is 78.8 cm³/mol. The van der Waals surface area contributed by atoms with Crippen LogP contribution < -0.4 is 5.73 Å². The van der Waals surface area contributed by atoms with E-state index in [1.54, 1.807) is 12.1 Å². The summed E-state index contributed by atoms with van der Waals surface area (Å²) >= 11 is 0. The molecule has 0 spiro atoms. The summed E-state index contributed by atoms with van der Waals surface area (Å²) in [7, 11) is 0. The van der Waals surface area contributed by atoms with Gasteiger partial charge in [0, 0.05) is 25.7 Å². The Morgan fingerprint density at radius 3 is 2.50 bits per heavy atom. The summed E-state index contributed by atoms with van der Waals surface area (Å²) in [5.74, 6) is -0.215. The Labute approximate surface area is 119 Å². The van der Waals surface area contributed by atoms with E-state index >= 15 is 0 Å². The first-order chi connectivity index (χ1) is 9.72. The van der Waals surface area contributed by atoms with Crippen molar-refractivity contribution in [1.82, 2.24) is 4.90 Å². The Morgan fingerprint density at radius 2 is 1.75 bits per heavy atom. The zero-order valence-electron chi connectivity index (χ0n) is 11.4. The van der Waals surface area contributed by atoms with Gasteiger partial charge in [0.1, 0.15) is 5.82 Å². The minimum absolute atomic E-state index is 0.0686. The molecule has 1 aliphatic rings. The average Bonchev–Trinajstić information content (AvgIpc) is 2.48. The van der Waals surface area contributed by atoms with Crippen molar-refractivity contribution in [3.05, 3.63) is 71.0 Å². The SMILES string of the molecule is NC(CN1CCc2ccccc2C1)c1ccc(F)cc1. The van der Waals surface area contributed by atoms with Gasteiger partial charge in [0.15, 0.2) is 0 Å². The van der Waals surface area contributed by atoms with Gasteiger partial charge in [0.2, 0.25) is 0 Å². The fourth-order valence-corrected chi connectivity index (χ4v) is 2.80. The molecule has 3 heteroatoms. The van der Waals surface area contributed by atoms with Crippen LogP contribution in [0.3, 0.4) is 0 Å². The van der Waals surface area contributed by atoms with E-state index in [1.165, 1.54) is 23.3 Å². The molecule has 0 bridgehead atoms. The number of fused-ring (bicyclic) bond motifs is 1. The normalized spacial score (nSPS) is 16.7. The second kappa shape index (κ2) is 5.73. The van der Waals surface area contributed by atoms with Crippen LogP contribution in [0.15, 0.2) is 48.5 Å². The van der Waals surface area contributed by atoms with Crippen LogP contribution in [-0.2, 0) is 13.0 Å². The summed E-state index contributed by atoms with van der Waals surface area (Å²) in [5, 5.41) is 0. The minimum atomic E-state index is -0.215. The highest BCUT2D eigenvalue weighted by molar-refractivity contribution is 5.29. The van der Waals surface area contributed by atoms with Crippen molar-refractivity contribution in [1.29, 1.82) is 0 Å². The Bertz CT molecular complexity index is 580. The van der Waals surface area contributed by atoms with Crippen LogP contribution in [0.1, 0.15) is 22.7 Å². The summed E-state index contributed by atoms with van der Waals surface area (Å²) in [6, 6.07) is 15.0. The van der Waals surface area contributed by atoms with Crippen LogP contribution in [0, 0.1) is 5.82 Å². The number of benzene rings is 2. The Balaban J connectivity index is 1.66. The summed E-state index contributed by atoms with van der Waals surface area (Å²) in [6.45, 7) is 2.79. The average molecular weight is 270 g/mol. The van der Waals surface area contributed by atoms with Crippen LogP contribution in [0.4, 0.5) is 4.39 Å². The molecule has 1 unspecified atom stereocenters. The van der Waals surface area contributed by atoms with E-state index in [0.29, 0.717) is 0 Å². The highest BCUT2D eigenvalue weighted by Crippen LogP contribution is 2.21. The van der Waals surface area contributed by atoms with Crippen LogP contribution in [0.5, 0.6) is 0 Å². The standard InChI is InChI=1S/C17H19FN2/c18-16-7-5-14(6-8-16)17(19)12-20-10-9-13-3-1-2-4-15(13)11-20/h1-8,17H,9-12,19H2. The van der Waals surface area contributed by atoms with E-state index in [0.717, 1.165) is 31.6 Å². The fraction of sp³-hybridized carbons (Fsp3) is 0.294. The lowest BCUT2D eigenvalue weighted by Gasteiger charge is -2.30. The molecular formula is C17H19FN2. The molecule has 2 N–H and O–H groups in total. The van der Waals surface area contributed by atoms with Crippen LogP contribution in [0.2, 0.25) is 0 Å². The van der Waals surface area contributed by atoms with Gasteiger partial charge in [0.25, 0.3) is 0 Å². The quantitative estimate of drug-likeness (QED) is 0.929. The Kier molecular flexibility index (Phi) is 3.81. The lowest BCUT2D eigenvalue weighted by Crippen LogP contribution is -2.36. The number of nitrogens with zero attached hydrogens (tertiary/aromatic N) is 1. The third kappa shape index (κ3) is 2.89. The Morgan fingerprint density at radius 1 is 1.05 bits per heavy atom. The number of halogens is 1. The van der Waals surface area contributed by atoms with Gasteiger partial charge in [-0.2, -0.15) is 0 Å². The second-order valence-electron chi connectivity index (χ2n) is 5.41. The van der Waals surface area contributed by atoms with Crippen LogP contribution in [0.25, 0.3) is 0 Å². The van der Waals surface area contributed by atoms with Crippen LogP contribution >= 0.6 is 0 Å². The van der Waals surface area contributed by atoms with Gasteiger partial charge in [-0.05, 0) is 35.2 Å². The number of hydrogen-bond acceptors (Lipinski definition) is 2. The summed E-state index contributed by atoms with van der Waals surface area (Å²) in [5.41, 5.74) is 10.1. The van der Waals surface area contributed by atoms with Gasteiger partial charge in [-0.25, -0.2) is 4.39 Å². The third-order valence-electron chi connectivity index (χ3n) is 3.96. The van der Waals surface area contributed by atoms with Gasteiger partial charge < -0.3 is 5.73 Å². The van der Waals surface area contributed by atoms with E-state index in [4.69, 9.17) is 5.73 Å². The van der Waals surface area contributed by atoms with Crippen LogP contribution in [-0.4, -0.2) is 18.0 Å². The molecule has 3 rings (SSSR count). The van der Waals surface area contributed by atoms with Gasteiger partial charge in [-0.15, -0.1) is 0 Å². The zero-order chi connectivity index (χ0) is 13.9. The first kappa shape index (κ1) is 13.3. The maximum Gasteiger partial charge on any atom is 0.123 e. The number of rotatable bonds is 3. The van der Waals surface area contributed by atoms with E-state index in [1.807, 2.05) is 0 Å². The largest absolute Gasteiger partial charge is 0.323 e. The highest BCUT2D eigenvalue weighted by atomic mass is 19.1. The van der Waals surface area contributed by atoms with Crippen molar-refractivity contribution in [3.8, 4) is 0 Å². The van der Waals surface area contributed by atoms with E-state index in [-0.39, 0.29) is 11.9 Å². The smallest absolute Gasteiger partial charge is 0.123 e. The number of hydrogen-bond donors (Lipinski definition) is 1. The second-order valence-corrected chi connectivity index (χ2v) is 5.41. The maximum absolute atomic E-state index is 12.9. The molecule has 0 aromatic heterocycles. The summed E-state index contributed by atoms with van der Waals surface area (Å²) in [4.78, 5) is 2.37. The third-order valence-corrected chi connectivity index (χ3v) is 3.96. The molecule has 0 saturated heterocycles. The molecule has 1 aliphatic heterocycles. The predicted octanol–water partition coefficient (Wildman–Crippen LogP) is 2.88. The van der Waals surface area contributed by atoms with Crippen molar-refractivity contribution in [2.75, 3.05) is 13.1 Å². The molecule has 0 fully saturated rings. The molecule has 2 nitrogen and oxygen atoms in total. The molecule has 1 atom stereocenters. The molecule has 2 aromatic rings. The first-order valence-corrected chi connectivity index (χ1v) is 7.02. The zero-order valence-corrected chi connectivity index (χ0v) is 11.4. The van der Waals surface area contributed by atoms with E-state index in [2.05, 4.69) is 29.2 Å². The molecule has 0 aliphatic carbocycles. The molecular weight excluding hydrogens is 251 g/mol. The van der Waals surface area contributed by atoms with E-state index < -0.39 is 0 Å². The minimum Gasteiger partial charge on any atom is -0.323 e. The molecule has 0 saturated carbocycles. The van der Waals surface area contributed by atoms with Gasteiger partial charge in [0.05, 0.1) is 0 Å². The Hall–Kier alpha value is -1.71. The van der Waals surface area contributed by atoms with Gasteiger partial charge >= 0.3 is 0 Å². The van der Waals surface area contributed by atoms with Crippen molar-refractivity contribution in [2.45, 2.75) is 19.0 Å². The molecule has 2 aromatic carbocycles. The first-order valence-electron chi connectivity index (χ1n) is 7.02. The van der Waals surface area contributed by atoms with E-state index in [9.17, 15) is 4.39 Å². The van der Waals surface area contributed by atoms with Crippen molar-refractivity contribution >= 4 is 0 Å². The lowest BCUT2D eigenvalue weighted by atomic mass is 9.99. The highest BCUT2D eigenvalue weighted by Gasteiger charge is 2.18. The van der Waals surface area contributed by atoms with Crippen molar-refractivity contribution in [2.24, 2.45) is 5.73 Å². The molecule has 104 valence electrons. The fourth-order valence-electron chi connectivity index (χ4n) is 2.80. The van der Waals surface area contributed by atoms with Crippen molar-refractivity contribution in [3.63, 3.8) is 0 Å². The van der Waals surface area contributed by atoms with Gasteiger partial charge in [-0.1, -0.05) is 36.4 Å². The maximum atomic E-state index is 12.9. The molecule has 20 heavy (non-hydrogen) atoms.